The molecule has 1 aromatic rings. The first kappa shape index (κ1) is 16.4. The second kappa shape index (κ2) is 6.70. The average molecular weight is 280 g/mol. The predicted octanol–water partition coefficient (Wildman–Crippen LogP) is 3.52. The Morgan fingerprint density at radius 1 is 1.30 bits per heavy atom. The second-order valence-corrected chi connectivity index (χ2v) is 5.77. The molecule has 1 rings (SSSR count). The molecule has 0 saturated heterocycles. The van der Waals surface area contributed by atoms with Gasteiger partial charge in [-0.3, -0.25) is 10.1 Å². The van der Waals surface area contributed by atoms with Gasteiger partial charge in [0.05, 0.1) is 11.0 Å². The second-order valence-electron chi connectivity index (χ2n) is 5.77. The molecule has 2 unspecified atom stereocenters. The third-order valence-electron chi connectivity index (χ3n) is 3.53. The maximum Gasteiger partial charge on any atom is 0.292 e. The van der Waals surface area contributed by atoms with Crippen molar-refractivity contribution in [1.82, 2.24) is 0 Å². The minimum absolute atomic E-state index is 0.0431. The minimum atomic E-state index is -0.707. The SMILES string of the molecule is CC(C)CC(C)N(C)c1ccc(C(C)O)cc1[N+](=O)[O-]. The Balaban J connectivity index is 3.13. The van der Waals surface area contributed by atoms with Crippen LogP contribution < -0.4 is 4.90 Å². The number of benzene rings is 1. The van der Waals surface area contributed by atoms with Crippen molar-refractivity contribution in [2.45, 2.75) is 46.3 Å². The first-order chi connectivity index (χ1) is 9.23. The van der Waals surface area contributed by atoms with Crippen molar-refractivity contribution in [3.05, 3.63) is 33.9 Å². The van der Waals surface area contributed by atoms with E-state index in [0.29, 0.717) is 17.2 Å². The van der Waals surface area contributed by atoms with Crippen molar-refractivity contribution in [2.24, 2.45) is 5.92 Å². The molecule has 1 aromatic carbocycles. The van der Waals surface area contributed by atoms with Gasteiger partial charge in [-0.05, 0) is 37.8 Å². The van der Waals surface area contributed by atoms with Gasteiger partial charge >= 0.3 is 0 Å². The lowest BCUT2D eigenvalue weighted by Crippen LogP contribution is -2.30. The Kier molecular flexibility index (Phi) is 5.51. The monoisotopic (exact) mass is 280 g/mol. The summed E-state index contributed by atoms with van der Waals surface area (Å²) in [5.41, 5.74) is 1.19. The molecule has 0 fully saturated rings. The normalized spacial score (nSPS) is 14.2. The lowest BCUT2D eigenvalue weighted by Gasteiger charge is -2.28. The summed E-state index contributed by atoms with van der Waals surface area (Å²) < 4.78 is 0. The van der Waals surface area contributed by atoms with E-state index in [-0.39, 0.29) is 16.7 Å². The van der Waals surface area contributed by atoms with Gasteiger partial charge in [0.1, 0.15) is 5.69 Å². The van der Waals surface area contributed by atoms with Crippen molar-refractivity contribution in [3.63, 3.8) is 0 Å². The van der Waals surface area contributed by atoms with E-state index in [4.69, 9.17) is 0 Å². The summed E-state index contributed by atoms with van der Waals surface area (Å²) in [4.78, 5) is 12.8. The molecular formula is C15H24N2O3. The molecule has 0 aromatic heterocycles. The smallest absolute Gasteiger partial charge is 0.292 e. The van der Waals surface area contributed by atoms with Gasteiger partial charge in [-0.25, -0.2) is 0 Å². The molecular weight excluding hydrogens is 256 g/mol. The largest absolute Gasteiger partial charge is 0.389 e. The van der Waals surface area contributed by atoms with Crippen molar-refractivity contribution in [2.75, 3.05) is 11.9 Å². The zero-order valence-corrected chi connectivity index (χ0v) is 12.8. The molecule has 0 saturated carbocycles. The number of aliphatic hydroxyl groups is 1. The number of nitro groups is 1. The number of nitro benzene ring substituents is 1. The molecule has 2 atom stereocenters. The topological polar surface area (TPSA) is 66.6 Å². The van der Waals surface area contributed by atoms with E-state index in [1.807, 2.05) is 11.9 Å². The van der Waals surface area contributed by atoms with E-state index in [2.05, 4.69) is 20.8 Å². The van der Waals surface area contributed by atoms with Crippen LogP contribution in [-0.4, -0.2) is 23.1 Å². The van der Waals surface area contributed by atoms with E-state index in [1.165, 1.54) is 6.07 Å². The fourth-order valence-corrected chi connectivity index (χ4v) is 2.32. The molecule has 5 heteroatoms. The summed E-state index contributed by atoms with van der Waals surface area (Å²) in [6.07, 6.45) is 0.257. The van der Waals surface area contributed by atoms with Crippen LogP contribution >= 0.6 is 0 Å². The van der Waals surface area contributed by atoms with Crippen molar-refractivity contribution in [3.8, 4) is 0 Å². The lowest BCUT2D eigenvalue weighted by molar-refractivity contribution is -0.384. The molecule has 0 aliphatic rings. The van der Waals surface area contributed by atoms with Crippen LogP contribution in [0.25, 0.3) is 0 Å². The van der Waals surface area contributed by atoms with Crippen LogP contribution in [-0.2, 0) is 0 Å². The van der Waals surface area contributed by atoms with Gasteiger partial charge in [-0.15, -0.1) is 0 Å². The highest BCUT2D eigenvalue weighted by molar-refractivity contribution is 5.64. The lowest BCUT2D eigenvalue weighted by atomic mass is 10.0. The van der Waals surface area contributed by atoms with Crippen molar-refractivity contribution >= 4 is 11.4 Å². The molecule has 0 amide bonds. The van der Waals surface area contributed by atoms with Crippen LogP contribution in [0.4, 0.5) is 11.4 Å². The Morgan fingerprint density at radius 3 is 2.35 bits per heavy atom. The molecule has 0 bridgehead atoms. The molecule has 0 aliphatic carbocycles. The fraction of sp³-hybridized carbons (Fsp3) is 0.600. The molecule has 0 aliphatic heterocycles. The molecule has 0 radical (unpaired) electrons. The zero-order valence-electron chi connectivity index (χ0n) is 12.8. The summed E-state index contributed by atoms with van der Waals surface area (Å²) >= 11 is 0. The molecule has 5 nitrogen and oxygen atoms in total. The fourth-order valence-electron chi connectivity index (χ4n) is 2.32. The van der Waals surface area contributed by atoms with E-state index in [0.717, 1.165) is 6.42 Å². The zero-order chi connectivity index (χ0) is 15.4. The van der Waals surface area contributed by atoms with Crippen molar-refractivity contribution < 1.29 is 10.0 Å². The molecule has 112 valence electrons. The first-order valence-electron chi connectivity index (χ1n) is 6.93. The summed E-state index contributed by atoms with van der Waals surface area (Å²) in [7, 11) is 1.87. The first-order valence-corrected chi connectivity index (χ1v) is 6.93. The van der Waals surface area contributed by atoms with Crippen LogP contribution in [0, 0.1) is 16.0 Å². The third-order valence-corrected chi connectivity index (χ3v) is 3.53. The quantitative estimate of drug-likeness (QED) is 0.639. The number of anilines is 1. The van der Waals surface area contributed by atoms with Gasteiger partial charge in [0.25, 0.3) is 5.69 Å². The number of rotatable bonds is 6. The maximum atomic E-state index is 11.2. The van der Waals surface area contributed by atoms with Crippen molar-refractivity contribution in [1.29, 1.82) is 0 Å². The van der Waals surface area contributed by atoms with Gasteiger partial charge < -0.3 is 10.0 Å². The highest BCUT2D eigenvalue weighted by atomic mass is 16.6. The van der Waals surface area contributed by atoms with Gasteiger partial charge in [-0.2, -0.15) is 0 Å². The standard InChI is InChI=1S/C15H24N2O3/c1-10(2)8-11(3)16(5)14-7-6-13(12(4)18)9-15(14)17(19)20/h6-7,9-12,18H,8H2,1-5H3. The molecule has 0 heterocycles. The van der Waals surface area contributed by atoms with Gasteiger partial charge in [0.15, 0.2) is 0 Å². The summed E-state index contributed by atoms with van der Waals surface area (Å²) in [6.45, 7) is 7.93. The molecule has 20 heavy (non-hydrogen) atoms. The highest BCUT2D eigenvalue weighted by Gasteiger charge is 2.22. The van der Waals surface area contributed by atoms with E-state index in [1.54, 1.807) is 19.1 Å². The summed E-state index contributed by atoms with van der Waals surface area (Å²) in [5.74, 6) is 0.531. The van der Waals surface area contributed by atoms with E-state index >= 15 is 0 Å². The number of hydrogen-bond donors (Lipinski definition) is 1. The van der Waals surface area contributed by atoms with Crippen LogP contribution in [0.1, 0.15) is 45.8 Å². The Morgan fingerprint density at radius 2 is 1.90 bits per heavy atom. The van der Waals surface area contributed by atoms with Crippen LogP contribution in [0.2, 0.25) is 0 Å². The molecule has 1 N–H and O–H groups in total. The van der Waals surface area contributed by atoms with Gasteiger partial charge in [-0.1, -0.05) is 19.9 Å². The molecule has 0 spiro atoms. The van der Waals surface area contributed by atoms with Crippen LogP contribution in [0.15, 0.2) is 18.2 Å². The van der Waals surface area contributed by atoms with Gasteiger partial charge in [0.2, 0.25) is 0 Å². The average Bonchev–Trinajstić information content (AvgIpc) is 2.36. The minimum Gasteiger partial charge on any atom is -0.389 e. The Bertz CT molecular complexity index is 472. The Labute approximate surface area is 120 Å². The number of hydrogen-bond acceptors (Lipinski definition) is 4. The van der Waals surface area contributed by atoms with Gasteiger partial charge in [0, 0.05) is 19.2 Å². The predicted molar refractivity (Wildman–Crippen MR) is 81.1 cm³/mol. The number of aliphatic hydroxyl groups excluding tert-OH is 1. The van der Waals surface area contributed by atoms with Crippen LogP contribution in [0.5, 0.6) is 0 Å². The number of nitrogens with zero attached hydrogens (tertiary/aromatic N) is 2. The third kappa shape index (κ3) is 3.93. The maximum absolute atomic E-state index is 11.2. The highest BCUT2D eigenvalue weighted by Crippen LogP contribution is 2.32. The Hall–Kier alpha value is -1.62. The van der Waals surface area contributed by atoms with Crippen LogP contribution in [0.3, 0.4) is 0 Å². The summed E-state index contributed by atoms with van der Waals surface area (Å²) in [6, 6.07) is 5.13. The van der Waals surface area contributed by atoms with E-state index < -0.39 is 6.10 Å². The summed E-state index contributed by atoms with van der Waals surface area (Å²) in [5, 5.41) is 20.8. The van der Waals surface area contributed by atoms with E-state index in [9.17, 15) is 15.2 Å².